The lowest BCUT2D eigenvalue weighted by atomic mass is 9.67. The molecule has 0 saturated carbocycles. The molecule has 326 valence electrons. The summed E-state index contributed by atoms with van der Waals surface area (Å²) in [4.78, 5) is 0. The van der Waals surface area contributed by atoms with E-state index in [2.05, 4.69) is 256 Å². The molecule has 0 nitrogen and oxygen atoms in total. The molecule has 0 heteroatoms. The third-order valence-corrected chi connectivity index (χ3v) is 15.2. The fourth-order valence-corrected chi connectivity index (χ4v) is 12.1. The van der Waals surface area contributed by atoms with Crippen molar-refractivity contribution in [3.63, 3.8) is 0 Å². The lowest BCUT2D eigenvalue weighted by Gasteiger charge is -2.34. The second kappa shape index (κ2) is 16.8. The zero-order valence-corrected chi connectivity index (χ0v) is 38.8. The summed E-state index contributed by atoms with van der Waals surface area (Å²) in [6.07, 6.45) is 3.30. The minimum absolute atomic E-state index is 0.298. The quantitative estimate of drug-likeness (QED) is 0.127. The summed E-state index contributed by atoms with van der Waals surface area (Å²) < 4.78 is 0. The number of hydrogen-bond donors (Lipinski definition) is 0. The molecule has 12 aromatic carbocycles. The molecule has 12 aromatic rings. The van der Waals surface area contributed by atoms with E-state index in [9.17, 15) is 0 Å². The van der Waals surface area contributed by atoms with Crippen molar-refractivity contribution in [3.05, 3.63) is 265 Å². The van der Waals surface area contributed by atoms with E-state index in [0.717, 1.165) is 19.3 Å². The van der Waals surface area contributed by atoms with E-state index in [1.165, 1.54) is 127 Å². The Morgan fingerprint density at radius 1 is 0.275 bits per heavy atom. The molecule has 0 amide bonds. The SMILES string of the molecule is CCCCC1(c2cccc3ccccc23)c2ccccc2-c2ccc(-c3c4ccccc4c(-c4ccc(-c5cc(-c6ccccc6)cc(-c6ccccc6)c5)c5ccccc45)c4ccccc34)cc21. The fraction of sp³-hybridized carbons (Fsp3) is 0.0725. The summed E-state index contributed by atoms with van der Waals surface area (Å²) in [7, 11) is 0. The van der Waals surface area contributed by atoms with Crippen molar-refractivity contribution in [1.29, 1.82) is 0 Å². The first-order valence-electron chi connectivity index (χ1n) is 24.6. The molecule has 0 saturated heterocycles. The van der Waals surface area contributed by atoms with Gasteiger partial charge in [0.05, 0.1) is 0 Å². The van der Waals surface area contributed by atoms with Crippen molar-refractivity contribution in [2.75, 3.05) is 0 Å². The molecule has 0 N–H and O–H groups in total. The van der Waals surface area contributed by atoms with Crippen LogP contribution in [0.25, 0.3) is 110 Å². The number of fused-ring (bicyclic) bond motifs is 7. The van der Waals surface area contributed by atoms with Gasteiger partial charge in [0.15, 0.2) is 0 Å². The summed E-state index contributed by atoms with van der Waals surface area (Å²) >= 11 is 0. The first-order valence-corrected chi connectivity index (χ1v) is 24.6. The summed E-state index contributed by atoms with van der Waals surface area (Å²) in [6.45, 7) is 2.33. The lowest BCUT2D eigenvalue weighted by molar-refractivity contribution is 0.542. The zero-order valence-electron chi connectivity index (χ0n) is 38.8. The fourth-order valence-electron chi connectivity index (χ4n) is 12.1. The molecule has 13 rings (SSSR count). The van der Waals surface area contributed by atoms with Gasteiger partial charge in [-0.15, -0.1) is 0 Å². The highest BCUT2D eigenvalue weighted by atomic mass is 14.5. The average molecular weight is 879 g/mol. The van der Waals surface area contributed by atoms with Crippen molar-refractivity contribution in [2.45, 2.75) is 31.6 Å². The smallest absolute Gasteiger partial charge is 0.0470 e. The Morgan fingerprint density at radius 3 is 1.39 bits per heavy atom. The van der Waals surface area contributed by atoms with Crippen LogP contribution in [0.5, 0.6) is 0 Å². The highest BCUT2D eigenvalue weighted by Gasteiger charge is 2.45. The van der Waals surface area contributed by atoms with Crippen LogP contribution in [-0.2, 0) is 5.41 Å². The van der Waals surface area contributed by atoms with Gasteiger partial charge in [-0.05, 0) is 157 Å². The van der Waals surface area contributed by atoms with Gasteiger partial charge >= 0.3 is 0 Å². The van der Waals surface area contributed by atoms with Crippen LogP contribution < -0.4 is 0 Å². The maximum atomic E-state index is 2.58. The third-order valence-electron chi connectivity index (χ3n) is 15.2. The normalized spacial score (nSPS) is 14.1. The predicted molar refractivity (Wildman–Crippen MR) is 295 cm³/mol. The summed E-state index contributed by atoms with van der Waals surface area (Å²) in [5.74, 6) is 0. The molecule has 0 bridgehead atoms. The topological polar surface area (TPSA) is 0 Å². The molecule has 1 aliphatic carbocycles. The molecule has 69 heavy (non-hydrogen) atoms. The first kappa shape index (κ1) is 40.9. The van der Waals surface area contributed by atoms with Gasteiger partial charge in [0.1, 0.15) is 0 Å². The average Bonchev–Trinajstić information content (AvgIpc) is 3.70. The monoisotopic (exact) mass is 878 g/mol. The molecule has 0 spiro atoms. The van der Waals surface area contributed by atoms with Crippen molar-refractivity contribution < 1.29 is 0 Å². The Morgan fingerprint density at radius 2 is 0.739 bits per heavy atom. The molecular formula is C69H50. The van der Waals surface area contributed by atoms with Gasteiger partial charge in [-0.25, -0.2) is 0 Å². The Bertz CT molecular complexity index is 3810. The van der Waals surface area contributed by atoms with Gasteiger partial charge in [0.2, 0.25) is 0 Å². The van der Waals surface area contributed by atoms with E-state index >= 15 is 0 Å². The van der Waals surface area contributed by atoms with Gasteiger partial charge in [0, 0.05) is 5.41 Å². The maximum absolute atomic E-state index is 2.58. The van der Waals surface area contributed by atoms with Gasteiger partial charge < -0.3 is 0 Å². The second-order valence-corrected chi connectivity index (χ2v) is 18.9. The molecule has 0 radical (unpaired) electrons. The van der Waals surface area contributed by atoms with Gasteiger partial charge in [-0.2, -0.15) is 0 Å². The van der Waals surface area contributed by atoms with Crippen molar-refractivity contribution in [3.8, 4) is 66.8 Å². The number of hydrogen-bond acceptors (Lipinski definition) is 0. The number of unbranched alkanes of at least 4 members (excludes halogenated alkanes) is 1. The molecular weight excluding hydrogens is 829 g/mol. The van der Waals surface area contributed by atoms with E-state index in [0.29, 0.717) is 0 Å². The van der Waals surface area contributed by atoms with E-state index in [-0.39, 0.29) is 5.41 Å². The first-order chi connectivity index (χ1) is 34.2. The van der Waals surface area contributed by atoms with Crippen LogP contribution in [0.15, 0.2) is 249 Å². The summed E-state index contributed by atoms with van der Waals surface area (Å²) in [6, 6.07) is 93.3. The maximum Gasteiger partial charge on any atom is 0.0470 e. The van der Waals surface area contributed by atoms with Crippen LogP contribution in [0.1, 0.15) is 42.9 Å². The van der Waals surface area contributed by atoms with Crippen LogP contribution in [0.4, 0.5) is 0 Å². The summed E-state index contributed by atoms with van der Waals surface area (Å²) in [5.41, 5.74) is 19.0. The highest BCUT2D eigenvalue weighted by Crippen LogP contribution is 2.58. The van der Waals surface area contributed by atoms with Crippen LogP contribution in [0.2, 0.25) is 0 Å². The van der Waals surface area contributed by atoms with Gasteiger partial charge in [-0.1, -0.05) is 244 Å². The Kier molecular flexibility index (Phi) is 9.95. The van der Waals surface area contributed by atoms with Crippen LogP contribution in [0, 0.1) is 0 Å². The molecule has 1 atom stereocenters. The van der Waals surface area contributed by atoms with E-state index in [1.807, 2.05) is 0 Å². The number of rotatable bonds is 9. The molecule has 0 heterocycles. The van der Waals surface area contributed by atoms with Crippen molar-refractivity contribution >= 4 is 43.1 Å². The predicted octanol–water partition coefficient (Wildman–Crippen LogP) is 19.1. The van der Waals surface area contributed by atoms with E-state index < -0.39 is 0 Å². The highest BCUT2D eigenvalue weighted by molar-refractivity contribution is 6.24. The molecule has 0 aliphatic heterocycles. The Hall–Kier alpha value is -8.32. The van der Waals surface area contributed by atoms with Crippen LogP contribution in [-0.4, -0.2) is 0 Å². The Labute approximate surface area is 404 Å². The molecule has 0 aromatic heterocycles. The van der Waals surface area contributed by atoms with Crippen LogP contribution >= 0.6 is 0 Å². The van der Waals surface area contributed by atoms with Crippen LogP contribution in [0.3, 0.4) is 0 Å². The minimum Gasteiger partial charge on any atom is -0.0654 e. The van der Waals surface area contributed by atoms with Crippen molar-refractivity contribution in [2.24, 2.45) is 0 Å². The standard InChI is InChI=1S/C69H50/c1-2-3-41-69(64-36-20-26-48-25-10-11-27-54(48)64)65-35-19-18-30-57(65)58-38-37-49(45-66(58)69)67-59-31-14-16-33-61(59)68(62-34-17-15-32-60(62)67)63-40-39-53(55-28-12-13-29-56(55)63)52-43-50(46-21-6-4-7-22-46)42-51(44-52)47-23-8-5-9-24-47/h4-40,42-45H,2-3,41H2,1H3. The lowest BCUT2D eigenvalue weighted by Crippen LogP contribution is -2.27. The molecule has 1 unspecified atom stereocenters. The number of benzene rings is 12. The molecule has 1 aliphatic rings. The largest absolute Gasteiger partial charge is 0.0654 e. The second-order valence-electron chi connectivity index (χ2n) is 18.9. The minimum atomic E-state index is -0.298. The third kappa shape index (κ3) is 6.58. The van der Waals surface area contributed by atoms with Gasteiger partial charge in [-0.3, -0.25) is 0 Å². The zero-order chi connectivity index (χ0) is 45.9. The molecule has 0 fully saturated rings. The van der Waals surface area contributed by atoms with Gasteiger partial charge in [0.25, 0.3) is 0 Å². The van der Waals surface area contributed by atoms with E-state index in [1.54, 1.807) is 0 Å². The summed E-state index contributed by atoms with van der Waals surface area (Å²) in [5, 5.41) is 10.2. The van der Waals surface area contributed by atoms with Crippen molar-refractivity contribution in [1.82, 2.24) is 0 Å². The Balaban J connectivity index is 1.03. The van der Waals surface area contributed by atoms with E-state index in [4.69, 9.17) is 0 Å².